The highest BCUT2D eigenvalue weighted by Crippen LogP contribution is 2.43. The van der Waals surface area contributed by atoms with E-state index in [0.717, 1.165) is 19.3 Å². The Balaban J connectivity index is 2.13. The standard InChI is InChI=1S/C15H19N3O2/c1-20-12-5-2-4-11(9-16)14(12)18-13(19)8-15(10-17)6-3-7-15/h2,4-5H,3,6-8,10,17H2,1H3,(H,18,19). The molecule has 0 aromatic heterocycles. The molecule has 20 heavy (non-hydrogen) atoms. The average Bonchev–Trinajstić information content (AvgIpc) is 2.43. The van der Waals surface area contributed by atoms with E-state index in [1.54, 1.807) is 18.2 Å². The normalized spacial score (nSPS) is 15.8. The predicted octanol–water partition coefficient (Wildman–Crippen LogP) is 2.02. The zero-order valence-corrected chi connectivity index (χ0v) is 11.6. The van der Waals surface area contributed by atoms with Gasteiger partial charge in [-0.15, -0.1) is 0 Å². The van der Waals surface area contributed by atoms with Gasteiger partial charge in [-0.05, 0) is 36.9 Å². The molecule has 1 aliphatic rings. The molecule has 1 saturated carbocycles. The largest absolute Gasteiger partial charge is 0.495 e. The van der Waals surface area contributed by atoms with Crippen LogP contribution in [-0.4, -0.2) is 19.6 Å². The van der Waals surface area contributed by atoms with Gasteiger partial charge in [0.1, 0.15) is 17.5 Å². The molecule has 1 fully saturated rings. The highest BCUT2D eigenvalue weighted by atomic mass is 16.5. The lowest BCUT2D eigenvalue weighted by molar-refractivity contribution is -0.119. The van der Waals surface area contributed by atoms with E-state index in [9.17, 15) is 4.79 Å². The van der Waals surface area contributed by atoms with Gasteiger partial charge in [0.25, 0.3) is 0 Å². The second kappa shape index (κ2) is 5.93. The molecule has 0 spiro atoms. The van der Waals surface area contributed by atoms with Gasteiger partial charge in [0, 0.05) is 6.42 Å². The van der Waals surface area contributed by atoms with Gasteiger partial charge >= 0.3 is 0 Å². The van der Waals surface area contributed by atoms with Crippen molar-refractivity contribution in [1.82, 2.24) is 0 Å². The van der Waals surface area contributed by atoms with Gasteiger partial charge in [0.15, 0.2) is 0 Å². The summed E-state index contributed by atoms with van der Waals surface area (Å²) in [5.74, 6) is 0.379. The minimum absolute atomic E-state index is 0.0566. The number of para-hydroxylation sites is 1. The molecule has 106 valence electrons. The fourth-order valence-electron chi connectivity index (χ4n) is 2.58. The van der Waals surface area contributed by atoms with Crippen LogP contribution in [0.4, 0.5) is 5.69 Å². The van der Waals surface area contributed by atoms with Crippen LogP contribution in [0.25, 0.3) is 0 Å². The molecule has 0 atom stereocenters. The molecule has 1 aromatic rings. The third kappa shape index (κ3) is 2.75. The number of rotatable bonds is 5. The van der Waals surface area contributed by atoms with Crippen molar-refractivity contribution >= 4 is 11.6 Å². The molecule has 3 N–H and O–H groups in total. The number of ether oxygens (including phenoxy) is 1. The molecule has 0 bridgehead atoms. The Labute approximate surface area is 118 Å². The zero-order chi connectivity index (χ0) is 14.6. The number of carbonyl (C=O) groups excluding carboxylic acids is 1. The number of methoxy groups -OCH3 is 1. The van der Waals surface area contributed by atoms with Gasteiger partial charge in [0.05, 0.1) is 12.7 Å². The summed E-state index contributed by atoms with van der Waals surface area (Å²) in [5.41, 5.74) is 6.54. The summed E-state index contributed by atoms with van der Waals surface area (Å²) in [6, 6.07) is 7.16. The fraction of sp³-hybridized carbons (Fsp3) is 0.467. The Morgan fingerprint density at radius 1 is 1.55 bits per heavy atom. The third-order valence-corrected chi connectivity index (χ3v) is 4.01. The van der Waals surface area contributed by atoms with E-state index in [1.165, 1.54) is 7.11 Å². The van der Waals surface area contributed by atoms with E-state index in [4.69, 9.17) is 15.7 Å². The lowest BCUT2D eigenvalue weighted by Crippen LogP contribution is -2.40. The summed E-state index contributed by atoms with van der Waals surface area (Å²) in [7, 11) is 1.51. The molecular formula is C15H19N3O2. The molecule has 1 aliphatic carbocycles. The van der Waals surface area contributed by atoms with Crippen molar-refractivity contribution in [2.45, 2.75) is 25.7 Å². The highest BCUT2D eigenvalue weighted by Gasteiger charge is 2.37. The number of nitrogens with one attached hydrogen (secondary N) is 1. The zero-order valence-electron chi connectivity index (χ0n) is 11.6. The third-order valence-electron chi connectivity index (χ3n) is 4.01. The van der Waals surface area contributed by atoms with Crippen LogP contribution in [0.5, 0.6) is 5.75 Å². The maximum atomic E-state index is 12.2. The molecule has 0 radical (unpaired) electrons. The van der Waals surface area contributed by atoms with E-state index >= 15 is 0 Å². The SMILES string of the molecule is COc1cccc(C#N)c1NC(=O)CC1(CN)CCC1. The Hall–Kier alpha value is -2.06. The van der Waals surface area contributed by atoms with Crippen LogP contribution < -0.4 is 15.8 Å². The smallest absolute Gasteiger partial charge is 0.225 e. The number of hydrogen-bond acceptors (Lipinski definition) is 4. The monoisotopic (exact) mass is 273 g/mol. The van der Waals surface area contributed by atoms with Gasteiger partial charge in [-0.2, -0.15) is 5.26 Å². The van der Waals surface area contributed by atoms with Gasteiger partial charge in [-0.3, -0.25) is 4.79 Å². The lowest BCUT2D eigenvalue weighted by Gasteiger charge is -2.40. The highest BCUT2D eigenvalue weighted by molar-refractivity contribution is 5.94. The van der Waals surface area contributed by atoms with Crippen molar-refractivity contribution in [3.05, 3.63) is 23.8 Å². The molecule has 0 saturated heterocycles. The summed E-state index contributed by atoms with van der Waals surface area (Å²) in [6.07, 6.45) is 3.51. The summed E-state index contributed by atoms with van der Waals surface area (Å²) in [5, 5.41) is 11.9. The summed E-state index contributed by atoms with van der Waals surface area (Å²) in [4.78, 5) is 12.2. The van der Waals surface area contributed by atoms with Crippen LogP contribution >= 0.6 is 0 Å². The van der Waals surface area contributed by atoms with Crippen molar-refractivity contribution in [2.75, 3.05) is 19.0 Å². The van der Waals surface area contributed by atoms with Crippen molar-refractivity contribution in [2.24, 2.45) is 11.1 Å². The molecule has 0 aliphatic heterocycles. The van der Waals surface area contributed by atoms with E-state index in [2.05, 4.69) is 11.4 Å². The van der Waals surface area contributed by atoms with Crippen LogP contribution in [0.15, 0.2) is 18.2 Å². The fourth-order valence-corrected chi connectivity index (χ4v) is 2.58. The lowest BCUT2D eigenvalue weighted by atomic mass is 9.66. The molecule has 1 amide bonds. The van der Waals surface area contributed by atoms with Crippen LogP contribution in [0.1, 0.15) is 31.2 Å². The molecule has 5 heteroatoms. The van der Waals surface area contributed by atoms with Crippen LogP contribution in [0, 0.1) is 16.7 Å². The molecule has 2 rings (SSSR count). The Kier molecular flexibility index (Phi) is 4.26. The van der Waals surface area contributed by atoms with Gasteiger partial charge in [0.2, 0.25) is 5.91 Å². The van der Waals surface area contributed by atoms with E-state index in [-0.39, 0.29) is 11.3 Å². The first kappa shape index (κ1) is 14.4. The number of benzene rings is 1. The second-order valence-corrected chi connectivity index (χ2v) is 5.28. The van der Waals surface area contributed by atoms with Crippen LogP contribution in [-0.2, 0) is 4.79 Å². The van der Waals surface area contributed by atoms with Crippen LogP contribution in [0.3, 0.4) is 0 Å². The maximum absolute atomic E-state index is 12.2. The summed E-state index contributed by atoms with van der Waals surface area (Å²) < 4.78 is 5.19. The number of nitrogens with two attached hydrogens (primary N) is 1. The summed E-state index contributed by atoms with van der Waals surface area (Å²) in [6.45, 7) is 0.525. The molecule has 1 aromatic carbocycles. The van der Waals surface area contributed by atoms with E-state index in [1.807, 2.05) is 0 Å². The quantitative estimate of drug-likeness (QED) is 0.859. The first-order valence-electron chi connectivity index (χ1n) is 6.71. The topological polar surface area (TPSA) is 88.1 Å². The maximum Gasteiger partial charge on any atom is 0.225 e. The van der Waals surface area contributed by atoms with E-state index in [0.29, 0.717) is 30.0 Å². The Bertz CT molecular complexity index is 539. The number of nitrogens with zero attached hydrogens (tertiary/aromatic N) is 1. The Morgan fingerprint density at radius 3 is 2.80 bits per heavy atom. The van der Waals surface area contributed by atoms with Gasteiger partial charge in [-0.25, -0.2) is 0 Å². The van der Waals surface area contributed by atoms with Crippen molar-refractivity contribution in [1.29, 1.82) is 5.26 Å². The number of nitriles is 1. The first-order valence-corrected chi connectivity index (χ1v) is 6.71. The van der Waals surface area contributed by atoms with Crippen molar-refractivity contribution in [3.8, 4) is 11.8 Å². The molecule has 0 unspecified atom stereocenters. The number of anilines is 1. The summed E-state index contributed by atoms with van der Waals surface area (Å²) >= 11 is 0. The minimum atomic E-state index is -0.115. The number of carbonyl (C=O) groups is 1. The minimum Gasteiger partial charge on any atom is -0.495 e. The van der Waals surface area contributed by atoms with Gasteiger partial charge in [-0.1, -0.05) is 12.5 Å². The van der Waals surface area contributed by atoms with Crippen molar-refractivity contribution < 1.29 is 9.53 Å². The molecular weight excluding hydrogens is 254 g/mol. The first-order chi connectivity index (χ1) is 9.64. The molecule has 5 nitrogen and oxygen atoms in total. The van der Waals surface area contributed by atoms with Crippen molar-refractivity contribution in [3.63, 3.8) is 0 Å². The number of hydrogen-bond donors (Lipinski definition) is 2. The van der Waals surface area contributed by atoms with Crippen LogP contribution in [0.2, 0.25) is 0 Å². The average molecular weight is 273 g/mol. The van der Waals surface area contributed by atoms with Gasteiger partial charge < -0.3 is 15.8 Å². The second-order valence-electron chi connectivity index (χ2n) is 5.28. The van der Waals surface area contributed by atoms with E-state index < -0.39 is 0 Å². The number of amides is 1. The predicted molar refractivity (Wildman–Crippen MR) is 76.3 cm³/mol. The molecule has 0 heterocycles. The Morgan fingerprint density at radius 2 is 2.30 bits per heavy atom.